The molecule has 0 saturated carbocycles. The molecular weight excluding hydrogens is 456 g/mol. The van der Waals surface area contributed by atoms with E-state index >= 15 is 0 Å². The average Bonchev–Trinajstić information content (AvgIpc) is 3.45. The Labute approximate surface area is 199 Å². The molecule has 4 aromatic rings. The standard InChI is InChI=1S/C24H24N4O3S2/c1-15-6-7-16(2)19(13-15)31-14-21(29)25-10-11-28-22(30)9-8-18(27-28)23-17(3)26-24(33-23)20-5-4-12-32-20/h4-9,12-13H,10-11,14H2,1-3H3,(H,25,29). The molecule has 0 saturated heterocycles. The molecule has 1 N–H and O–H groups in total. The number of ether oxygens (including phenoxy) is 1. The highest BCUT2D eigenvalue weighted by atomic mass is 32.1. The summed E-state index contributed by atoms with van der Waals surface area (Å²) in [5.74, 6) is 0.441. The minimum Gasteiger partial charge on any atom is -0.483 e. The lowest BCUT2D eigenvalue weighted by atomic mass is 10.1. The van der Waals surface area contributed by atoms with Crippen LogP contribution in [0.5, 0.6) is 5.75 Å². The maximum atomic E-state index is 12.3. The summed E-state index contributed by atoms with van der Waals surface area (Å²) < 4.78 is 6.99. The Morgan fingerprint density at radius 2 is 2.00 bits per heavy atom. The van der Waals surface area contributed by atoms with Crippen molar-refractivity contribution < 1.29 is 9.53 Å². The van der Waals surface area contributed by atoms with Gasteiger partial charge in [0.05, 0.1) is 22.0 Å². The van der Waals surface area contributed by atoms with Crippen molar-refractivity contribution in [1.29, 1.82) is 0 Å². The van der Waals surface area contributed by atoms with E-state index in [1.165, 1.54) is 10.7 Å². The van der Waals surface area contributed by atoms with E-state index in [2.05, 4.69) is 15.4 Å². The number of amides is 1. The van der Waals surface area contributed by atoms with Gasteiger partial charge in [-0.3, -0.25) is 9.59 Å². The SMILES string of the molecule is Cc1ccc(C)c(OCC(=O)NCCn2nc(-c3sc(-c4cccs4)nc3C)ccc2=O)c1. The first kappa shape index (κ1) is 22.9. The second kappa shape index (κ2) is 10.1. The van der Waals surface area contributed by atoms with Crippen LogP contribution in [0.1, 0.15) is 16.8 Å². The fraction of sp³-hybridized carbons (Fsp3) is 0.250. The molecule has 0 radical (unpaired) electrons. The molecule has 4 rings (SSSR count). The number of thiophene rings is 1. The molecule has 33 heavy (non-hydrogen) atoms. The van der Waals surface area contributed by atoms with Crippen LogP contribution in [0.2, 0.25) is 0 Å². The third-order valence-electron chi connectivity index (χ3n) is 4.98. The van der Waals surface area contributed by atoms with E-state index in [1.54, 1.807) is 28.7 Å². The van der Waals surface area contributed by atoms with Crippen molar-refractivity contribution in [3.63, 3.8) is 0 Å². The number of carbonyl (C=O) groups is 1. The number of thiazole rings is 1. The van der Waals surface area contributed by atoms with Gasteiger partial charge in [-0.2, -0.15) is 5.10 Å². The Hall–Kier alpha value is -3.30. The molecule has 9 heteroatoms. The van der Waals surface area contributed by atoms with Crippen LogP contribution < -0.4 is 15.6 Å². The predicted octanol–water partition coefficient (Wildman–Crippen LogP) is 4.22. The van der Waals surface area contributed by atoms with Gasteiger partial charge in [0.15, 0.2) is 6.61 Å². The Morgan fingerprint density at radius 3 is 2.79 bits per heavy atom. The fourth-order valence-corrected chi connectivity index (χ4v) is 5.06. The van der Waals surface area contributed by atoms with Gasteiger partial charge < -0.3 is 10.1 Å². The van der Waals surface area contributed by atoms with E-state index in [9.17, 15) is 9.59 Å². The smallest absolute Gasteiger partial charge is 0.266 e. The summed E-state index contributed by atoms with van der Waals surface area (Å²) in [6.07, 6.45) is 0. The van der Waals surface area contributed by atoms with E-state index in [0.29, 0.717) is 11.4 Å². The van der Waals surface area contributed by atoms with Gasteiger partial charge in [0.2, 0.25) is 0 Å². The lowest BCUT2D eigenvalue weighted by Gasteiger charge is -2.11. The fourth-order valence-electron chi connectivity index (χ4n) is 3.23. The van der Waals surface area contributed by atoms with Crippen molar-refractivity contribution in [2.75, 3.05) is 13.2 Å². The Bertz CT molecular complexity index is 1330. The zero-order valence-corrected chi connectivity index (χ0v) is 20.3. The summed E-state index contributed by atoms with van der Waals surface area (Å²) in [4.78, 5) is 31.2. The lowest BCUT2D eigenvalue weighted by Crippen LogP contribution is -2.34. The molecule has 1 aromatic carbocycles. The van der Waals surface area contributed by atoms with Crippen LogP contribution in [-0.2, 0) is 11.3 Å². The van der Waals surface area contributed by atoms with Crippen molar-refractivity contribution in [1.82, 2.24) is 20.1 Å². The van der Waals surface area contributed by atoms with Gasteiger partial charge in [0.25, 0.3) is 11.5 Å². The average molecular weight is 481 g/mol. The quantitative estimate of drug-likeness (QED) is 0.408. The summed E-state index contributed by atoms with van der Waals surface area (Å²) in [7, 11) is 0. The number of aryl methyl sites for hydroxylation is 3. The third-order valence-corrected chi connectivity index (χ3v) is 7.20. The number of carbonyl (C=O) groups excluding carboxylic acids is 1. The molecule has 0 aliphatic rings. The molecule has 7 nitrogen and oxygen atoms in total. The molecule has 0 spiro atoms. The third kappa shape index (κ3) is 5.55. The van der Waals surface area contributed by atoms with Gasteiger partial charge in [-0.15, -0.1) is 22.7 Å². The van der Waals surface area contributed by atoms with Gasteiger partial charge in [-0.05, 0) is 55.5 Å². The van der Waals surface area contributed by atoms with Crippen molar-refractivity contribution in [2.45, 2.75) is 27.3 Å². The summed E-state index contributed by atoms with van der Waals surface area (Å²) in [6.45, 7) is 6.30. The normalized spacial score (nSPS) is 10.9. The Kier molecular flexibility index (Phi) is 7.00. The van der Waals surface area contributed by atoms with Gasteiger partial charge in [0.1, 0.15) is 16.5 Å². The number of hydrogen-bond acceptors (Lipinski definition) is 7. The first-order valence-electron chi connectivity index (χ1n) is 10.5. The van der Waals surface area contributed by atoms with Gasteiger partial charge in [-0.1, -0.05) is 18.2 Å². The summed E-state index contributed by atoms with van der Waals surface area (Å²) in [5.41, 5.74) is 3.39. The number of nitrogens with zero attached hydrogens (tertiary/aromatic N) is 3. The Morgan fingerprint density at radius 1 is 1.15 bits per heavy atom. The number of nitrogens with one attached hydrogen (secondary N) is 1. The molecule has 170 valence electrons. The van der Waals surface area contributed by atoms with Crippen LogP contribution in [-0.4, -0.2) is 33.8 Å². The maximum absolute atomic E-state index is 12.3. The highest BCUT2D eigenvalue weighted by Crippen LogP contribution is 2.35. The maximum Gasteiger partial charge on any atom is 0.266 e. The van der Waals surface area contributed by atoms with E-state index in [1.807, 2.05) is 56.5 Å². The van der Waals surface area contributed by atoms with Gasteiger partial charge in [0, 0.05) is 12.6 Å². The number of rotatable bonds is 8. The summed E-state index contributed by atoms with van der Waals surface area (Å²) >= 11 is 3.19. The highest BCUT2D eigenvalue weighted by molar-refractivity contribution is 7.23. The van der Waals surface area contributed by atoms with Crippen LogP contribution in [0.3, 0.4) is 0 Å². The molecule has 0 bridgehead atoms. The number of aromatic nitrogens is 3. The molecule has 3 heterocycles. The summed E-state index contributed by atoms with van der Waals surface area (Å²) in [6, 6.07) is 13.1. The van der Waals surface area contributed by atoms with Crippen LogP contribution >= 0.6 is 22.7 Å². The number of benzene rings is 1. The number of hydrogen-bond donors (Lipinski definition) is 1. The van der Waals surface area contributed by atoms with E-state index in [0.717, 1.165) is 31.6 Å². The van der Waals surface area contributed by atoms with Gasteiger partial charge in [-0.25, -0.2) is 9.67 Å². The molecule has 0 unspecified atom stereocenters. The molecule has 3 aromatic heterocycles. The Balaban J connectivity index is 1.37. The minimum atomic E-state index is -0.251. The molecule has 0 atom stereocenters. The molecule has 0 aliphatic carbocycles. The molecule has 0 aliphatic heterocycles. The van der Waals surface area contributed by atoms with Crippen LogP contribution in [0.4, 0.5) is 0 Å². The minimum absolute atomic E-state index is 0.0851. The first-order chi connectivity index (χ1) is 15.9. The van der Waals surface area contributed by atoms with Crippen LogP contribution in [0.25, 0.3) is 20.5 Å². The van der Waals surface area contributed by atoms with Crippen molar-refractivity contribution in [3.8, 4) is 26.2 Å². The van der Waals surface area contributed by atoms with Crippen LogP contribution in [0, 0.1) is 20.8 Å². The van der Waals surface area contributed by atoms with Crippen molar-refractivity contribution in [2.24, 2.45) is 0 Å². The monoisotopic (exact) mass is 480 g/mol. The van der Waals surface area contributed by atoms with Gasteiger partial charge >= 0.3 is 0 Å². The highest BCUT2D eigenvalue weighted by Gasteiger charge is 2.14. The van der Waals surface area contributed by atoms with Crippen LogP contribution in [0.15, 0.2) is 52.6 Å². The van der Waals surface area contributed by atoms with E-state index in [4.69, 9.17) is 4.74 Å². The van der Waals surface area contributed by atoms with Crippen molar-refractivity contribution >= 4 is 28.6 Å². The zero-order chi connectivity index (χ0) is 23.4. The van der Waals surface area contributed by atoms with E-state index < -0.39 is 0 Å². The second-order valence-electron chi connectivity index (χ2n) is 7.60. The summed E-state index contributed by atoms with van der Waals surface area (Å²) in [5, 5.41) is 10.2. The second-order valence-corrected chi connectivity index (χ2v) is 9.55. The van der Waals surface area contributed by atoms with Crippen molar-refractivity contribution in [3.05, 3.63) is 75.0 Å². The molecule has 0 fully saturated rings. The topological polar surface area (TPSA) is 86.1 Å². The lowest BCUT2D eigenvalue weighted by molar-refractivity contribution is -0.123. The predicted molar refractivity (Wildman–Crippen MR) is 132 cm³/mol. The molecular formula is C24H24N4O3S2. The molecule has 1 amide bonds. The first-order valence-corrected chi connectivity index (χ1v) is 12.2. The van der Waals surface area contributed by atoms with E-state index in [-0.39, 0.29) is 31.2 Å². The zero-order valence-electron chi connectivity index (χ0n) is 18.6. The largest absolute Gasteiger partial charge is 0.483 e.